The van der Waals surface area contributed by atoms with Gasteiger partial charge in [0.25, 0.3) is 0 Å². The topological polar surface area (TPSA) is 23.1 Å². The highest BCUT2D eigenvalue weighted by atomic mass is 35.5. The lowest BCUT2D eigenvalue weighted by molar-refractivity contribution is -0.166. The molecule has 0 aliphatic carbocycles. The molecule has 0 N–H and O–H groups in total. The highest BCUT2D eigenvalue weighted by Gasteiger charge is 1.91. The van der Waals surface area contributed by atoms with Gasteiger partial charge in [-0.15, -0.1) is 0 Å². The van der Waals surface area contributed by atoms with E-state index >= 15 is 0 Å². The van der Waals surface area contributed by atoms with Crippen molar-refractivity contribution in [1.82, 2.24) is 0 Å². The summed E-state index contributed by atoms with van der Waals surface area (Å²) in [4.78, 5) is 0. The Hall–Kier alpha value is 0.250. The smallest absolute Gasteiger partial charge is 0.0471 e. The van der Waals surface area contributed by atoms with Crippen LogP contribution < -0.4 is 4.66 Å². The number of hydrogen-bond donors (Lipinski definition) is 0. The maximum Gasteiger partial charge on any atom is -0.0471 e. The van der Waals surface area contributed by atoms with Crippen molar-refractivity contribution >= 4 is 11.9 Å². The van der Waals surface area contributed by atoms with Gasteiger partial charge in [-0.1, -0.05) is 52.9 Å². The number of hydrogen-bond acceptors (Lipinski definition) is 1. The number of halogens is 1. The van der Waals surface area contributed by atoms with Crippen LogP contribution >= 0.6 is 11.9 Å². The molecule has 0 aromatic carbocycles. The second kappa shape index (κ2) is 12.9. The van der Waals surface area contributed by atoms with Gasteiger partial charge in [0, 0.05) is 0 Å². The molecule has 0 aromatic rings. The molecule has 0 spiro atoms. The van der Waals surface area contributed by atoms with Crippen molar-refractivity contribution in [2.45, 2.75) is 52.9 Å². The van der Waals surface area contributed by atoms with E-state index < -0.39 is 0 Å². The highest BCUT2D eigenvalue weighted by molar-refractivity contribution is 6.02. The molecule has 70 valence electrons. The van der Waals surface area contributed by atoms with E-state index in [0.717, 1.165) is 5.92 Å². The van der Waals surface area contributed by atoms with E-state index in [0.29, 0.717) is 0 Å². The Balaban J connectivity index is 0. The molecule has 0 amide bonds. The van der Waals surface area contributed by atoms with Crippen LogP contribution in [0.1, 0.15) is 52.9 Å². The van der Waals surface area contributed by atoms with E-state index in [1.807, 2.05) is 0 Å². The quantitative estimate of drug-likeness (QED) is 0.595. The van der Waals surface area contributed by atoms with Gasteiger partial charge in [0.05, 0.1) is 0 Å². The highest BCUT2D eigenvalue weighted by Crippen LogP contribution is 2.08. The lowest BCUT2D eigenvalue weighted by Gasteiger charge is -2.01. The third-order valence-corrected chi connectivity index (χ3v) is 1.64. The predicted molar refractivity (Wildman–Crippen MR) is 49.5 cm³/mol. The van der Waals surface area contributed by atoms with Crippen LogP contribution in [0.5, 0.6) is 0 Å². The van der Waals surface area contributed by atoms with Crippen molar-refractivity contribution in [3.8, 4) is 0 Å². The van der Waals surface area contributed by atoms with Crippen molar-refractivity contribution in [1.29, 1.82) is 0 Å². The first-order valence-electron chi connectivity index (χ1n) is 4.42. The molecule has 0 rings (SSSR count). The summed E-state index contributed by atoms with van der Waals surface area (Å²) in [6, 6.07) is 0. The van der Waals surface area contributed by atoms with Gasteiger partial charge in [-0.05, 0) is 5.92 Å². The summed E-state index contributed by atoms with van der Waals surface area (Å²) < 4.78 is 7.72. The molecule has 0 radical (unpaired) electrons. The first kappa shape index (κ1) is 13.8. The maximum atomic E-state index is 7.72. The Morgan fingerprint density at radius 2 is 1.64 bits per heavy atom. The summed E-state index contributed by atoms with van der Waals surface area (Å²) in [6.45, 7) is 6.85. The zero-order valence-electron chi connectivity index (χ0n) is 7.90. The number of rotatable bonds is 5. The minimum atomic E-state index is 0.904. The minimum Gasteiger partial charge on any atom is -0.769 e. The average molecular weight is 180 g/mol. The van der Waals surface area contributed by atoms with E-state index in [4.69, 9.17) is 4.66 Å². The van der Waals surface area contributed by atoms with Gasteiger partial charge in [-0.3, -0.25) is 0 Å². The fourth-order valence-corrected chi connectivity index (χ4v) is 0.979. The average Bonchev–Trinajstić information content (AvgIpc) is 2.02. The lowest BCUT2D eigenvalue weighted by Crippen LogP contribution is -1.86. The third kappa shape index (κ3) is 17.9. The Morgan fingerprint density at radius 3 is 2.00 bits per heavy atom. The van der Waals surface area contributed by atoms with Crippen molar-refractivity contribution < 1.29 is 4.66 Å². The Bertz CT molecular complexity index is 55.5. The van der Waals surface area contributed by atoms with Gasteiger partial charge < -0.3 is 4.66 Å². The maximum absolute atomic E-state index is 7.72. The second-order valence-electron chi connectivity index (χ2n) is 3.24. The predicted octanol–water partition coefficient (Wildman–Crippen LogP) is 3.11. The summed E-state index contributed by atoms with van der Waals surface area (Å²) in [6.07, 6.45) is 7.07. The Morgan fingerprint density at radius 1 is 1.09 bits per heavy atom. The molecule has 0 aliphatic rings. The van der Waals surface area contributed by atoms with Crippen LogP contribution in [-0.4, -0.2) is 0 Å². The lowest BCUT2D eigenvalue weighted by atomic mass is 10.1. The van der Waals surface area contributed by atoms with Gasteiger partial charge in [0.2, 0.25) is 0 Å². The van der Waals surface area contributed by atoms with E-state index in [9.17, 15) is 0 Å². The SMILES string of the molecule is CCCCCCC(C)C.[O-]Cl. The van der Waals surface area contributed by atoms with Crippen molar-refractivity contribution in [3.05, 3.63) is 0 Å². The van der Waals surface area contributed by atoms with Crippen LogP contribution in [0.15, 0.2) is 0 Å². The fourth-order valence-electron chi connectivity index (χ4n) is 0.979. The Kier molecular flexibility index (Phi) is 16.2. The fraction of sp³-hybridized carbons (Fsp3) is 1.00. The van der Waals surface area contributed by atoms with Gasteiger partial charge in [-0.25, -0.2) is 11.9 Å². The molecule has 0 unspecified atom stereocenters. The van der Waals surface area contributed by atoms with E-state index in [2.05, 4.69) is 32.6 Å². The summed E-state index contributed by atoms with van der Waals surface area (Å²) in [5, 5.41) is 0. The van der Waals surface area contributed by atoms with Crippen molar-refractivity contribution in [2.75, 3.05) is 0 Å². The van der Waals surface area contributed by atoms with Crippen LogP contribution in [0.25, 0.3) is 0 Å². The molecule has 0 heterocycles. The van der Waals surface area contributed by atoms with Crippen LogP contribution in [0.4, 0.5) is 0 Å². The second-order valence-corrected chi connectivity index (χ2v) is 3.24. The molecule has 1 nitrogen and oxygen atoms in total. The summed E-state index contributed by atoms with van der Waals surface area (Å²) in [5.41, 5.74) is 0. The zero-order chi connectivity index (χ0) is 9.11. The summed E-state index contributed by atoms with van der Waals surface area (Å²) in [5.74, 6) is 0.904. The first-order chi connectivity index (χ1) is 5.27. The van der Waals surface area contributed by atoms with E-state index in [1.165, 1.54) is 32.1 Å². The van der Waals surface area contributed by atoms with Crippen LogP contribution in [0.3, 0.4) is 0 Å². The van der Waals surface area contributed by atoms with Crippen LogP contribution in [0, 0.1) is 5.92 Å². The number of unbranched alkanes of at least 4 members (excludes halogenated alkanes) is 3. The van der Waals surface area contributed by atoms with Crippen molar-refractivity contribution in [2.24, 2.45) is 5.92 Å². The first-order valence-corrected chi connectivity index (χ1v) is 4.73. The monoisotopic (exact) mass is 179 g/mol. The van der Waals surface area contributed by atoms with E-state index in [1.54, 1.807) is 0 Å². The molecular formula is C9H20ClO-. The van der Waals surface area contributed by atoms with Gasteiger partial charge in [0.1, 0.15) is 0 Å². The minimum absolute atomic E-state index is 0.904. The molecule has 2 heteroatoms. The molecule has 0 bridgehead atoms. The van der Waals surface area contributed by atoms with Gasteiger partial charge >= 0.3 is 0 Å². The molecule has 0 atom stereocenters. The molecular weight excluding hydrogens is 160 g/mol. The summed E-state index contributed by atoms with van der Waals surface area (Å²) in [7, 11) is 0. The molecule has 0 fully saturated rings. The van der Waals surface area contributed by atoms with Gasteiger partial charge in [0.15, 0.2) is 0 Å². The van der Waals surface area contributed by atoms with E-state index in [-0.39, 0.29) is 0 Å². The molecule has 0 saturated carbocycles. The molecule has 0 aliphatic heterocycles. The summed E-state index contributed by atoms with van der Waals surface area (Å²) >= 11 is 3.39. The van der Waals surface area contributed by atoms with Gasteiger partial charge in [-0.2, -0.15) is 0 Å². The molecule has 0 saturated heterocycles. The molecule has 11 heavy (non-hydrogen) atoms. The zero-order valence-corrected chi connectivity index (χ0v) is 8.66. The van der Waals surface area contributed by atoms with Crippen molar-refractivity contribution in [3.63, 3.8) is 0 Å². The standard InChI is InChI=1S/C9H20.ClO/c1-4-5-6-7-8-9(2)3;1-2/h9H,4-8H2,1-3H3;/q;-1. The largest absolute Gasteiger partial charge is 0.769 e. The van der Waals surface area contributed by atoms with Crippen LogP contribution in [-0.2, 0) is 0 Å². The van der Waals surface area contributed by atoms with Crippen LogP contribution in [0.2, 0.25) is 0 Å². The third-order valence-electron chi connectivity index (χ3n) is 1.64. The normalized spacial score (nSPS) is 9.27. The molecule has 0 aromatic heterocycles. The Labute approximate surface area is 75.9 Å².